The number of hydrogen-bond acceptors (Lipinski definition) is 4. The molecule has 0 radical (unpaired) electrons. The summed E-state index contributed by atoms with van der Waals surface area (Å²) in [4.78, 5) is 28.2. The van der Waals surface area contributed by atoms with E-state index in [0.717, 1.165) is 17.5 Å². The fraction of sp³-hybridized carbons (Fsp3) is 0.462. The zero-order valence-electron chi connectivity index (χ0n) is 19.7. The molecule has 2 aromatic rings. The van der Waals surface area contributed by atoms with Crippen LogP contribution >= 0.6 is 0 Å². The van der Waals surface area contributed by atoms with Gasteiger partial charge in [0.15, 0.2) is 0 Å². The Morgan fingerprint density at radius 2 is 1.78 bits per heavy atom. The van der Waals surface area contributed by atoms with Gasteiger partial charge in [-0.1, -0.05) is 37.6 Å². The van der Waals surface area contributed by atoms with Crippen LogP contribution in [0.4, 0.5) is 0 Å². The molecule has 1 aliphatic rings. The van der Waals surface area contributed by atoms with Crippen LogP contribution in [-0.4, -0.2) is 50.6 Å². The van der Waals surface area contributed by atoms with E-state index in [2.05, 4.69) is 19.2 Å². The van der Waals surface area contributed by atoms with Crippen molar-refractivity contribution in [2.24, 2.45) is 11.8 Å². The summed E-state index contributed by atoms with van der Waals surface area (Å²) in [6.45, 7) is 7.72. The molecule has 32 heavy (non-hydrogen) atoms. The van der Waals surface area contributed by atoms with Crippen LogP contribution in [0, 0.1) is 18.8 Å². The second-order valence-electron chi connectivity index (χ2n) is 8.87. The zero-order chi connectivity index (χ0) is 23.3. The summed E-state index contributed by atoms with van der Waals surface area (Å²) in [6, 6.07) is 13.2. The largest absolute Gasteiger partial charge is 0.497 e. The maximum atomic E-state index is 13.2. The molecule has 1 aliphatic heterocycles. The van der Waals surface area contributed by atoms with Gasteiger partial charge in [-0.25, -0.2) is 0 Å². The molecular weight excluding hydrogens is 404 g/mol. The molecule has 1 saturated heterocycles. The van der Waals surface area contributed by atoms with Crippen molar-refractivity contribution >= 4 is 11.8 Å². The average molecular weight is 439 g/mol. The van der Waals surface area contributed by atoms with E-state index in [1.807, 2.05) is 49.4 Å². The second-order valence-corrected chi connectivity index (χ2v) is 8.87. The molecule has 6 heteroatoms. The Balaban J connectivity index is 1.88. The molecule has 1 heterocycles. The summed E-state index contributed by atoms with van der Waals surface area (Å²) in [6.07, 6.45) is 0.918. The van der Waals surface area contributed by atoms with Crippen molar-refractivity contribution in [2.75, 3.05) is 33.9 Å². The minimum absolute atomic E-state index is 0.0206. The van der Waals surface area contributed by atoms with Crippen molar-refractivity contribution in [3.05, 3.63) is 59.2 Å². The van der Waals surface area contributed by atoms with Gasteiger partial charge in [-0.2, -0.15) is 0 Å². The Labute approximate surface area is 190 Å². The Bertz CT molecular complexity index is 939. The molecule has 2 atom stereocenters. The van der Waals surface area contributed by atoms with E-state index in [9.17, 15) is 9.59 Å². The van der Waals surface area contributed by atoms with Crippen molar-refractivity contribution in [1.29, 1.82) is 0 Å². The van der Waals surface area contributed by atoms with E-state index in [-0.39, 0.29) is 23.7 Å². The molecule has 1 fully saturated rings. The summed E-state index contributed by atoms with van der Waals surface area (Å²) in [5.41, 5.74) is 2.65. The highest BCUT2D eigenvalue weighted by molar-refractivity contribution is 5.95. The summed E-state index contributed by atoms with van der Waals surface area (Å²) < 4.78 is 10.9. The lowest BCUT2D eigenvalue weighted by atomic mass is 9.87. The van der Waals surface area contributed by atoms with Gasteiger partial charge in [-0.3, -0.25) is 9.59 Å². The summed E-state index contributed by atoms with van der Waals surface area (Å²) in [5, 5.41) is 3.08. The third-order valence-electron chi connectivity index (χ3n) is 6.10. The van der Waals surface area contributed by atoms with Crippen molar-refractivity contribution in [3.63, 3.8) is 0 Å². The van der Waals surface area contributed by atoms with Crippen molar-refractivity contribution in [1.82, 2.24) is 10.2 Å². The predicted octanol–water partition coefficient (Wildman–Crippen LogP) is 4.03. The zero-order valence-corrected chi connectivity index (χ0v) is 19.7. The standard InChI is InChI=1S/C26H34N2O4/c1-17(2)12-13-27-25(29)23-16-28(26(30)19-8-6-18(3)7-9-19)15-22(23)21-11-10-20(31-4)14-24(21)32-5/h6-11,14,17,22-23H,12-13,15-16H2,1-5H3,(H,27,29)/t22-,23-/m0/s1. The molecule has 1 N–H and O–H groups in total. The first-order valence-corrected chi connectivity index (χ1v) is 11.2. The van der Waals surface area contributed by atoms with Crippen LogP contribution in [-0.2, 0) is 4.79 Å². The molecule has 0 unspecified atom stereocenters. The van der Waals surface area contributed by atoms with Gasteiger partial charge in [0.1, 0.15) is 11.5 Å². The van der Waals surface area contributed by atoms with E-state index in [1.165, 1.54) is 0 Å². The van der Waals surface area contributed by atoms with Crippen LogP contribution in [0.25, 0.3) is 0 Å². The van der Waals surface area contributed by atoms with Gasteiger partial charge in [0.05, 0.1) is 20.1 Å². The van der Waals surface area contributed by atoms with Crippen LogP contribution in [0.1, 0.15) is 47.7 Å². The van der Waals surface area contributed by atoms with Crippen LogP contribution in [0.3, 0.4) is 0 Å². The van der Waals surface area contributed by atoms with Crippen LogP contribution in [0.5, 0.6) is 11.5 Å². The first kappa shape index (κ1) is 23.6. The maximum Gasteiger partial charge on any atom is 0.253 e. The fourth-order valence-corrected chi connectivity index (χ4v) is 4.17. The number of nitrogens with zero attached hydrogens (tertiary/aromatic N) is 1. The molecule has 172 valence electrons. The normalized spacial score (nSPS) is 18.0. The van der Waals surface area contributed by atoms with Gasteiger partial charge in [0, 0.05) is 42.7 Å². The number of likely N-dealkylation sites (tertiary alicyclic amines) is 1. The van der Waals surface area contributed by atoms with Gasteiger partial charge in [-0.15, -0.1) is 0 Å². The summed E-state index contributed by atoms with van der Waals surface area (Å²) >= 11 is 0. The molecule has 0 aliphatic carbocycles. The van der Waals surface area contributed by atoms with E-state index in [4.69, 9.17) is 9.47 Å². The SMILES string of the molecule is COc1ccc([C@@H]2CN(C(=O)c3ccc(C)cc3)C[C@@H]2C(=O)NCCC(C)C)c(OC)c1. The Hall–Kier alpha value is -3.02. The number of amides is 2. The van der Waals surface area contributed by atoms with E-state index < -0.39 is 0 Å². The van der Waals surface area contributed by atoms with Gasteiger partial charge in [0.2, 0.25) is 5.91 Å². The highest BCUT2D eigenvalue weighted by atomic mass is 16.5. The van der Waals surface area contributed by atoms with Gasteiger partial charge in [-0.05, 0) is 37.5 Å². The fourth-order valence-electron chi connectivity index (χ4n) is 4.17. The number of hydrogen-bond donors (Lipinski definition) is 1. The topological polar surface area (TPSA) is 67.9 Å². The van der Waals surface area contributed by atoms with E-state index >= 15 is 0 Å². The third-order valence-corrected chi connectivity index (χ3v) is 6.10. The number of rotatable bonds is 8. The smallest absolute Gasteiger partial charge is 0.253 e. The molecule has 2 amide bonds. The molecule has 0 aromatic heterocycles. The molecule has 2 aromatic carbocycles. The van der Waals surface area contributed by atoms with Gasteiger partial charge in [0.25, 0.3) is 5.91 Å². The molecule has 3 rings (SSSR count). The summed E-state index contributed by atoms with van der Waals surface area (Å²) in [7, 11) is 3.22. The predicted molar refractivity (Wildman–Crippen MR) is 125 cm³/mol. The molecule has 0 saturated carbocycles. The van der Waals surface area contributed by atoms with Crippen molar-refractivity contribution in [2.45, 2.75) is 33.1 Å². The minimum Gasteiger partial charge on any atom is -0.497 e. The van der Waals surface area contributed by atoms with Crippen molar-refractivity contribution < 1.29 is 19.1 Å². The van der Waals surface area contributed by atoms with E-state index in [0.29, 0.717) is 42.6 Å². The van der Waals surface area contributed by atoms with Crippen LogP contribution < -0.4 is 14.8 Å². The molecule has 0 spiro atoms. The second kappa shape index (κ2) is 10.5. The summed E-state index contributed by atoms with van der Waals surface area (Å²) in [5.74, 6) is 1.28. The number of carbonyl (C=O) groups is 2. The third kappa shape index (κ3) is 5.42. The average Bonchev–Trinajstić information content (AvgIpc) is 3.23. The number of aryl methyl sites for hydroxylation is 1. The first-order valence-electron chi connectivity index (χ1n) is 11.2. The molecular formula is C26H34N2O4. The Morgan fingerprint density at radius 1 is 1.06 bits per heavy atom. The maximum absolute atomic E-state index is 13.2. The molecule has 6 nitrogen and oxygen atoms in total. The Kier molecular flexibility index (Phi) is 7.78. The lowest BCUT2D eigenvalue weighted by Gasteiger charge is -2.21. The quantitative estimate of drug-likeness (QED) is 0.676. The van der Waals surface area contributed by atoms with Gasteiger partial charge >= 0.3 is 0 Å². The van der Waals surface area contributed by atoms with E-state index in [1.54, 1.807) is 19.1 Å². The molecule has 0 bridgehead atoms. The first-order chi connectivity index (χ1) is 15.3. The van der Waals surface area contributed by atoms with Crippen LogP contribution in [0.15, 0.2) is 42.5 Å². The minimum atomic E-state index is -0.348. The number of nitrogens with one attached hydrogen (secondary N) is 1. The highest BCUT2D eigenvalue weighted by Crippen LogP contribution is 2.39. The van der Waals surface area contributed by atoms with Gasteiger partial charge < -0.3 is 19.7 Å². The number of ether oxygens (including phenoxy) is 2. The number of methoxy groups -OCH3 is 2. The lowest BCUT2D eigenvalue weighted by molar-refractivity contribution is -0.124. The number of carbonyl (C=O) groups excluding carboxylic acids is 2. The highest BCUT2D eigenvalue weighted by Gasteiger charge is 2.41. The number of benzene rings is 2. The monoisotopic (exact) mass is 438 g/mol. The van der Waals surface area contributed by atoms with Crippen LogP contribution in [0.2, 0.25) is 0 Å². The Morgan fingerprint density at radius 3 is 2.41 bits per heavy atom. The lowest BCUT2D eigenvalue weighted by Crippen LogP contribution is -2.36. The van der Waals surface area contributed by atoms with Crippen molar-refractivity contribution in [3.8, 4) is 11.5 Å².